The van der Waals surface area contributed by atoms with Crippen LogP contribution < -0.4 is 5.32 Å². The molecule has 0 amide bonds. The lowest BCUT2D eigenvalue weighted by atomic mass is 10.3. The Morgan fingerprint density at radius 1 is 1.20 bits per heavy atom. The highest BCUT2D eigenvalue weighted by Crippen LogP contribution is 2.16. The largest absolute Gasteiger partial charge is 0.365 e. The van der Waals surface area contributed by atoms with E-state index in [-0.39, 0.29) is 0 Å². The summed E-state index contributed by atoms with van der Waals surface area (Å²) in [6, 6.07) is 3.87. The van der Waals surface area contributed by atoms with Gasteiger partial charge in [0.25, 0.3) is 0 Å². The van der Waals surface area contributed by atoms with Crippen molar-refractivity contribution < 1.29 is 0 Å². The SMILES string of the molecule is Clc1cncnc1NCc1ccncc1. The van der Waals surface area contributed by atoms with E-state index < -0.39 is 0 Å². The molecule has 2 aromatic rings. The van der Waals surface area contributed by atoms with E-state index in [2.05, 4.69) is 20.3 Å². The molecule has 4 nitrogen and oxygen atoms in total. The summed E-state index contributed by atoms with van der Waals surface area (Å²) < 4.78 is 0. The van der Waals surface area contributed by atoms with E-state index in [9.17, 15) is 0 Å². The van der Waals surface area contributed by atoms with Crippen molar-refractivity contribution in [2.24, 2.45) is 0 Å². The quantitative estimate of drug-likeness (QED) is 0.861. The number of aromatic nitrogens is 3. The zero-order valence-electron chi connectivity index (χ0n) is 7.89. The van der Waals surface area contributed by atoms with E-state index in [1.807, 2.05) is 12.1 Å². The molecule has 0 atom stereocenters. The molecule has 0 aromatic carbocycles. The molecule has 2 heterocycles. The van der Waals surface area contributed by atoms with Crippen LogP contribution in [0.2, 0.25) is 5.02 Å². The van der Waals surface area contributed by atoms with Crippen molar-refractivity contribution in [3.63, 3.8) is 0 Å². The van der Waals surface area contributed by atoms with Gasteiger partial charge in [0.15, 0.2) is 0 Å². The van der Waals surface area contributed by atoms with Crippen LogP contribution in [0, 0.1) is 0 Å². The summed E-state index contributed by atoms with van der Waals surface area (Å²) in [6.07, 6.45) is 6.52. The second-order valence-corrected chi connectivity index (χ2v) is 3.34. The fraction of sp³-hybridized carbons (Fsp3) is 0.100. The highest BCUT2D eigenvalue weighted by molar-refractivity contribution is 6.32. The Balaban J connectivity index is 2.03. The summed E-state index contributed by atoms with van der Waals surface area (Å²) in [7, 11) is 0. The maximum absolute atomic E-state index is 5.89. The molecule has 0 radical (unpaired) electrons. The summed E-state index contributed by atoms with van der Waals surface area (Å²) in [5, 5.41) is 3.64. The van der Waals surface area contributed by atoms with E-state index >= 15 is 0 Å². The Bertz CT molecular complexity index is 432. The average molecular weight is 221 g/mol. The first-order valence-corrected chi connectivity index (χ1v) is 4.82. The van der Waals surface area contributed by atoms with Crippen LogP contribution in [-0.4, -0.2) is 15.0 Å². The number of halogens is 1. The second-order valence-electron chi connectivity index (χ2n) is 2.93. The lowest BCUT2D eigenvalue weighted by molar-refractivity contribution is 1.07. The fourth-order valence-electron chi connectivity index (χ4n) is 1.13. The second kappa shape index (κ2) is 4.70. The minimum atomic E-state index is 0.520. The number of pyridine rings is 1. The van der Waals surface area contributed by atoms with Gasteiger partial charge in [-0.1, -0.05) is 11.6 Å². The molecule has 76 valence electrons. The van der Waals surface area contributed by atoms with Gasteiger partial charge in [-0.2, -0.15) is 0 Å². The zero-order valence-corrected chi connectivity index (χ0v) is 8.65. The van der Waals surface area contributed by atoms with Gasteiger partial charge in [0.1, 0.15) is 17.2 Å². The first-order chi connectivity index (χ1) is 7.36. The van der Waals surface area contributed by atoms with Gasteiger partial charge in [0, 0.05) is 18.9 Å². The normalized spacial score (nSPS) is 9.93. The summed E-state index contributed by atoms with van der Waals surface area (Å²) in [5.41, 5.74) is 1.12. The van der Waals surface area contributed by atoms with E-state index in [0.29, 0.717) is 17.4 Å². The molecule has 0 aliphatic carbocycles. The molecule has 5 heteroatoms. The summed E-state index contributed by atoms with van der Waals surface area (Å²) in [5.74, 6) is 0.642. The minimum absolute atomic E-state index is 0.520. The lowest BCUT2D eigenvalue weighted by Crippen LogP contribution is -2.02. The number of rotatable bonds is 3. The monoisotopic (exact) mass is 220 g/mol. The molecule has 0 fully saturated rings. The third-order valence-corrected chi connectivity index (χ3v) is 2.15. The van der Waals surface area contributed by atoms with Crippen LogP contribution in [0.3, 0.4) is 0 Å². The zero-order chi connectivity index (χ0) is 10.5. The Labute approximate surface area is 92.4 Å². The van der Waals surface area contributed by atoms with Crippen LogP contribution in [0.4, 0.5) is 5.82 Å². The third-order valence-electron chi connectivity index (χ3n) is 1.88. The molecular formula is C10H9ClN4. The smallest absolute Gasteiger partial charge is 0.148 e. The fourth-order valence-corrected chi connectivity index (χ4v) is 1.30. The molecule has 0 aliphatic heterocycles. The van der Waals surface area contributed by atoms with E-state index in [4.69, 9.17) is 11.6 Å². The summed E-state index contributed by atoms with van der Waals surface area (Å²) in [4.78, 5) is 11.8. The topological polar surface area (TPSA) is 50.7 Å². The van der Waals surface area contributed by atoms with E-state index in [1.54, 1.807) is 18.6 Å². The molecule has 2 aromatic heterocycles. The van der Waals surface area contributed by atoms with Crippen LogP contribution in [-0.2, 0) is 6.54 Å². The van der Waals surface area contributed by atoms with Gasteiger partial charge in [-0.25, -0.2) is 9.97 Å². The molecule has 1 N–H and O–H groups in total. The first kappa shape index (κ1) is 9.86. The van der Waals surface area contributed by atoms with Crippen molar-refractivity contribution in [1.82, 2.24) is 15.0 Å². The molecular weight excluding hydrogens is 212 g/mol. The Morgan fingerprint density at radius 3 is 2.73 bits per heavy atom. The Kier molecular flexibility index (Phi) is 3.09. The van der Waals surface area contributed by atoms with Crippen molar-refractivity contribution in [2.75, 3.05) is 5.32 Å². The molecule has 0 bridgehead atoms. The predicted octanol–water partition coefficient (Wildman–Crippen LogP) is 2.14. The van der Waals surface area contributed by atoms with Crippen LogP contribution in [0.1, 0.15) is 5.56 Å². The number of nitrogens with one attached hydrogen (secondary N) is 1. The van der Waals surface area contributed by atoms with Crippen molar-refractivity contribution in [2.45, 2.75) is 6.54 Å². The van der Waals surface area contributed by atoms with Crippen molar-refractivity contribution >= 4 is 17.4 Å². The molecule has 15 heavy (non-hydrogen) atoms. The predicted molar refractivity (Wildman–Crippen MR) is 58.6 cm³/mol. The lowest BCUT2D eigenvalue weighted by Gasteiger charge is -2.05. The van der Waals surface area contributed by atoms with Gasteiger partial charge in [0.2, 0.25) is 0 Å². The number of hydrogen-bond donors (Lipinski definition) is 1. The molecule has 0 saturated heterocycles. The Hall–Kier alpha value is -1.68. The van der Waals surface area contributed by atoms with Gasteiger partial charge in [-0.15, -0.1) is 0 Å². The van der Waals surface area contributed by atoms with Gasteiger partial charge < -0.3 is 5.32 Å². The van der Waals surface area contributed by atoms with Crippen LogP contribution in [0.15, 0.2) is 37.1 Å². The van der Waals surface area contributed by atoms with Crippen LogP contribution >= 0.6 is 11.6 Å². The van der Waals surface area contributed by atoms with Gasteiger partial charge in [-0.3, -0.25) is 4.98 Å². The number of nitrogens with zero attached hydrogens (tertiary/aromatic N) is 3. The van der Waals surface area contributed by atoms with Crippen molar-refractivity contribution in [1.29, 1.82) is 0 Å². The Morgan fingerprint density at radius 2 is 2.00 bits per heavy atom. The highest BCUT2D eigenvalue weighted by atomic mass is 35.5. The highest BCUT2D eigenvalue weighted by Gasteiger charge is 1.99. The first-order valence-electron chi connectivity index (χ1n) is 4.44. The van der Waals surface area contributed by atoms with Crippen LogP contribution in [0.25, 0.3) is 0 Å². The van der Waals surface area contributed by atoms with Crippen LogP contribution in [0.5, 0.6) is 0 Å². The number of hydrogen-bond acceptors (Lipinski definition) is 4. The van der Waals surface area contributed by atoms with E-state index in [1.165, 1.54) is 6.33 Å². The average Bonchev–Trinajstić information content (AvgIpc) is 2.29. The third kappa shape index (κ3) is 2.63. The molecule has 0 spiro atoms. The van der Waals surface area contributed by atoms with Gasteiger partial charge >= 0.3 is 0 Å². The van der Waals surface area contributed by atoms with E-state index in [0.717, 1.165) is 5.56 Å². The molecule has 0 unspecified atom stereocenters. The molecule has 2 rings (SSSR count). The van der Waals surface area contributed by atoms with Crippen molar-refractivity contribution in [3.8, 4) is 0 Å². The molecule has 0 saturated carbocycles. The number of anilines is 1. The maximum Gasteiger partial charge on any atom is 0.148 e. The minimum Gasteiger partial charge on any atom is -0.365 e. The molecule has 0 aliphatic rings. The standard InChI is InChI=1S/C10H9ClN4/c11-9-6-13-7-15-10(9)14-5-8-1-3-12-4-2-8/h1-4,6-7H,5H2,(H,13,14,15). The van der Waals surface area contributed by atoms with Crippen molar-refractivity contribution in [3.05, 3.63) is 47.6 Å². The maximum atomic E-state index is 5.89. The van der Waals surface area contributed by atoms with Gasteiger partial charge in [-0.05, 0) is 17.7 Å². The summed E-state index contributed by atoms with van der Waals surface area (Å²) >= 11 is 5.89. The van der Waals surface area contributed by atoms with Gasteiger partial charge in [0.05, 0.1) is 6.20 Å². The summed E-state index contributed by atoms with van der Waals surface area (Å²) in [6.45, 7) is 0.666.